The van der Waals surface area contributed by atoms with Gasteiger partial charge in [-0.2, -0.15) is 5.26 Å². The lowest BCUT2D eigenvalue weighted by molar-refractivity contribution is -0.384. The van der Waals surface area contributed by atoms with E-state index in [0.29, 0.717) is 5.69 Å². The fraction of sp³-hybridized carbons (Fsp3) is 0.0714. The van der Waals surface area contributed by atoms with Gasteiger partial charge in [-0.1, -0.05) is 6.07 Å². The van der Waals surface area contributed by atoms with E-state index in [2.05, 4.69) is 5.32 Å². The average molecular weight is 271 g/mol. The van der Waals surface area contributed by atoms with Gasteiger partial charge in [0.1, 0.15) is 11.9 Å². The summed E-state index contributed by atoms with van der Waals surface area (Å²) in [6.45, 7) is 1.81. The van der Waals surface area contributed by atoms with E-state index in [1.807, 2.05) is 13.0 Å². The molecule has 0 bridgehead atoms. The molecule has 0 amide bonds. The molecule has 2 rings (SSSR count). The third kappa shape index (κ3) is 2.72. The van der Waals surface area contributed by atoms with Crippen LogP contribution in [0.4, 0.5) is 21.5 Å². The first-order valence-corrected chi connectivity index (χ1v) is 5.73. The zero-order valence-corrected chi connectivity index (χ0v) is 10.6. The summed E-state index contributed by atoms with van der Waals surface area (Å²) < 4.78 is 13.6. The van der Waals surface area contributed by atoms with Crippen molar-refractivity contribution in [1.82, 2.24) is 0 Å². The smallest absolute Gasteiger partial charge is 0.270 e. The fourth-order valence-electron chi connectivity index (χ4n) is 1.73. The van der Waals surface area contributed by atoms with Crippen LogP contribution in [-0.2, 0) is 0 Å². The highest BCUT2D eigenvalue weighted by Crippen LogP contribution is 2.26. The van der Waals surface area contributed by atoms with Gasteiger partial charge < -0.3 is 5.32 Å². The summed E-state index contributed by atoms with van der Waals surface area (Å²) in [6.07, 6.45) is 0. The molecule has 0 radical (unpaired) electrons. The predicted molar refractivity (Wildman–Crippen MR) is 72.2 cm³/mol. The van der Waals surface area contributed by atoms with Gasteiger partial charge >= 0.3 is 0 Å². The Morgan fingerprint density at radius 1 is 1.25 bits per heavy atom. The number of hydrogen-bond donors (Lipinski definition) is 1. The lowest BCUT2D eigenvalue weighted by atomic mass is 10.1. The van der Waals surface area contributed by atoms with E-state index in [9.17, 15) is 14.5 Å². The predicted octanol–water partition coefficient (Wildman–Crippen LogP) is 3.66. The second-order valence-corrected chi connectivity index (χ2v) is 4.21. The number of nitriles is 1. The summed E-state index contributed by atoms with van der Waals surface area (Å²) in [5.74, 6) is -0.460. The van der Waals surface area contributed by atoms with Crippen LogP contribution in [0.25, 0.3) is 0 Å². The summed E-state index contributed by atoms with van der Waals surface area (Å²) >= 11 is 0. The van der Waals surface area contributed by atoms with Gasteiger partial charge in [0.05, 0.1) is 21.9 Å². The fourth-order valence-corrected chi connectivity index (χ4v) is 1.73. The normalized spacial score (nSPS) is 9.85. The number of halogens is 1. The molecule has 100 valence electrons. The highest BCUT2D eigenvalue weighted by molar-refractivity contribution is 5.69. The third-order valence-corrected chi connectivity index (χ3v) is 2.73. The van der Waals surface area contributed by atoms with Crippen molar-refractivity contribution in [2.75, 3.05) is 5.32 Å². The van der Waals surface area contributed by atoms with Crippen LogP contribution < -0.4 is 5.32 Å². The van der Waals surface area contributed by atoms with E-state index >= 15 is 0 Å². The summed E-state index contributed by atoms with van der Waals surface area (Å²) in [7, 11) is 0. The van der Waals surface area contributed by atoms with E-state index in [1.54, 1.807) is 12.1 Å². The van der Waals surface area contributed by atoms with Crippen molar-refractivity contribution in [3.05, 3.63) is 63.5 Å². The molecule has 0 saturated heterocycles. The highest BCUT2D eigenvalue weighted by Gasteiger charge is 2.12. The number of nitrogens with one attached hydrogen (secondary N) is 1. The van der Waals surface area contributed by atoms with Gasteiger partial charge in [0, 0.05) is 12.1 Å². The van der Waals surface area contributed by atoms with Crippen molar-refractivity contribution < 1.29 is 9.31 Å². The Balaban J connectivity index is 2.41. The van der Waals surface area contributed by atoms with Crippen molar-refractivity contribution in [3.63, 3.8) is 0 Å². The number of nitro groups is 1. The summed E-state index contributed by atoms with van der Waals surface area (Å²) in [5.41, 5.74) is 1.30. The largest absolute Gasteiger partial charge is 0.352 e. The SMILES string of the molecule is Cc1ccc(F)c(Nc2ccc([N+](=O)[O-])cc2C#N)c1. The molecule has 0 aliphatic carbocycles. The third-order valence-electron chi connectivity index (χ3n) is 2.73. The second-order valence-electron chi connectivity index (χ2n) is 4.21. The molecule has 0 spiro atoms. The summed E-state index contributed by atoms with van der Waals surface area (Å²) in [5, 5.41) is 22.5. The van der Waals surface area contributed by atoms with Crippen LogP contribution in [0.5, 0.6) is 0 Å². The number of benzene rings is 2. The van der Waals surface area contributed by atoms with Crippen LogP contribution >= 0.6 is 0 Å². The van der Waals surface area contributed by atoms with E-state index in [-0.39, 0.29) is 16.9 Å². The first kappa shape index (κ1) is 13.5. The van der Waals surface area contributed by atoms with Crippen LogP contribution in [0.2, 0.25) is 0 Å². The maximum absolute atomic E-state index is 13.6. The molecule has 0 unspecified atom stereocenters. The first-order valence-electron chi connectivity index (χ1n) is 5.73. The molecule has 0 aromatic heterocycles. The van der Waals surface area contributed by atoms with Crippen molar-refractivity contribution in [2.24, 2.45) is 0 Å². The number of nitrogens with zero attached hydrogens (tertiary/aromatic N) is 2. The Hall–Kier alpha value is -2.94. The number of anilines is 2. The molecule has 0 saturated carbocycles. The second kappa shape index (κ2) is 5.36. The lowest BCUT2D eigenvalue weighted by Gasteiger charge is -2.09. The molecule has 1 N–H and O–H groups in total. The Morgan fingerprint density at radius 3 is 2.65 bits per heavy atom. The first-order chi connectivity index (χ1) is 9.51. The molecule has 2 aromatic carbocycles. The number of aryl methyl sites for hydroxylation is 1. The van der Waals surface area contributed by atoms with Crippen LogP contribution in [0.15, 0.2) is 36.4 Å². The molecule has 20 heavy (non-hydrogen) atoms. The zero-order valence-electron chi connectivity index (χ0n) is 10.6. The van der Waals surface area contributed by atoms with Gasteiger partial charge in [0.2, 0.25) is 0 Å². The van der Waals surface area contributed by atoms with Gasteiger partial charge in [-0.05, 0) is 30.7 Å². The minimum atomic E-state index is -0.585. The highest BCUT2D eigenvalue weighted by atomic mass is 19.1. The van der Waals surface area contributed by atoms with Crippen LogP contribution in [0.1, 0.15) is 11.1 Å². The van der Waals surface area contributed by atoms with Gasteiger partial charge in [0.25, 0.3) is 5.69 Å². The maximum Gasteiger partial charge on any atom is 0.270 e. The molecule has 0 aliphatic heterocycles. The molecule has 0 atom stereocenters. The molecular weight excluding hydrogens is 261 g/mol. The van der Waals surface area contributed by atoms with E-state index in [1.165, 1.54) is 18.2 Å². The van der Waals surface area contributed by atoms with Crippen LogP contribution in [0, 0.1) is 34.2 Å². The molecule has 2 aromatic rings. The van der Waals surface area contributed by atoms with Crippen molar-refractivity contribution in [2.45, 2.75) is 6.92 Å². The van der Waals surface area contributed by atoms with Gasteiger partial charge in [-0.15, -0.1) is 0 Å². The Bertz CT molecular complexity index is 723. The van der Waals surface area contributed by atoms with E-state index < -0.39 is 10.7 Å². The minimum Gasteiger partial charge on any atom is -0.352 e. The minimum absolute atomic E-state index is 0.0834. The number of rotatable bonds is 3. The maximum atomic E-state index is 13.6. The number of non-ortho nitro benzene ring substituents is 1. The van der Waals surface area contributed by atoms with Crippen molar-refractivity contribution >= 4 is 17.1 Å². The average Bonchev–Trinajstić information content (AvgIpc) is 2.43. The molecule has 6 heteroatoms. The Kier molecular flexibility index (Phi) is 3.62. The van der Waals surface area contributed by atoms with Gasteiger partial charge in [-0.25, -0.2) is 4.39 Å². The Morgan fingerprint density at radius 2 is 2.00 bits per heavy atom. The number of nitro benzene ring substituents is 1. The molecule has 0 aliphatic rings. The lowest BCUT2D eigenvalue weighted by Crippen LogP contribution is -1.98. The quantitative estimate of drug-likeness (QED) is 0.682. The topological polar surface area (TPSA) is 79.0 Å². The number of hydrogen-bond acceptors (Lipinski definition) is 4. The van der Waals surface area contributed by atoms with Crippen LogP contribution in [-0.4, -0.2) is 4.92 Å². The zero-order chi connectivity index (χ0) is 14.7. The Labute approximate surface area is 114 Å². The van der Waals surface area contributed by atoms with E-state index in [4.69, 9.17) is 5.26 Å². The van der Waals surface area contributed by atoms with Crippen molar-refractivity contribution in [1.29, 1.82) is 5.26 Å². The van der Waals surface area contributed by atoms with Crippen LogP contribution in [0.3, 0.4) is 0 Å². The monoisotopic (exact) mass is 271 g/mol. The van der Waals surface area contributed by atoms with E-state index in [0.717, 1.165) is 11.6 Å². The van der Waals surface area contributed by atoms with Gasteiger partial charge in [-0.3, -0.25) is 10.1 Å². The molecular formula is C14H10FN3O2. The standard InChI is InChI=1S/C14H10FN3O2/c1-9-2-4-12(15)14(6-9)17-13-5-3-11(18(19)20)7-10(13)8-16/h2-7,17H,1H3. The molecule has 5 nitrogen and oxygen atoms in total. The molecule has 0 fully saturated rings. The molecule has 0 heterocycles. The van der Waals surface area contributed by atoms with Gasteiger partial charge in [0.15, 0.2) is 0 Å². The van der Waals surface area contributed by atoms with Crippen molar-refractivity contribution in [3.8, 4) is 6.07 Å². The summed E-state index contributed by atoms with van der Waals surface area (Å²) in [6, 6.07) is 10.2. The summed E-state index contributed by atoms with van der Waals surface area (Å²) in [4.78, 5) is 10.1.